The fourth-order valence-corrected chi connectivity index (χ4v) is 5.60. The highest BCUT2D eigenvalue weighted by Gasteiger charge is 2.25. The molecule has 0 unspecified atom stereocenters. The summed E-state index contributed by atoms with van der Waals surface area (Å²) in [5.41, 5.74) is 2.11. The van der Waals surface area contributed by atoms with Crippen LogP contribution in [0.5, 0.6) is 0 Å². The molecule has 2 aliphatic rings. The van der Waals surface area contributed by atoms with E-state index in [2.05, 4.69) is 37.6 Å². The van der Waals surface area contributed by atoms with Crippen molar-refractivity contribution in [3.8, 4) is 11.1 Å². The number of rotatable bonds is 7. The molecule has 9 nitrogen and oxygen atoms in total. The van der Waals surface area contributed by atoms with E-state index in [1.807, 2.05) is 27.0 Å². The summed E-state index contributed by atoms with van der Waals surface area (Å²) in [4.78, 5) is 38.5. The highest BCUT2D eigenvalue weighted by atomic mass is 19.1. The maximum Gasteiger partial charge on any atom is 0.407 e. The van der Waals surface area contributed by atoms with Crippen LogP contribution in [0.1, 0.15) is 62.4 Å². The molecule has 0 aliphatic carbocycles. The van der Waals surface area contributed by atoms with Crippen molar-refractivity contribution in [2.45, 2.75) is 70.7 Å². The Hall–Kier alpha value is -4.05. The number of ether oxygens (including phenoxy) is 1. The number of likely N-dealkylation sites (tertiary alicyclic amines) is 1. The first-order valence-electron chi connectivity index (χ1n) is 15.1. The summed E-state index contributed by atoms with van der Waals surface area (Å²) < 4.78 is 19.8. The molecule has 0 atom stereocenters. The second-order valence-corrected chi connectivity index (χ2v) is 12.4. The van der Waals surface area contributed by atoms with Crippen molar-refractivity contribution < 1.29 is 18.7 Å². The number of benzene rings is 1. The number of carbonyl (C=O) groups excluding carboxylic acids is 2. The number of anilines is 1. The number of halogens is 1. The quantitative estimate of drug-likeness (QED) is 0.393. The third kappa shape index (κ3) is 8.50. The molecular formula is C33H41FN6O3. The summed E-state index contributed by atoms with van der Waals surface area (Å²) in [5, 5.41) is 6.11. The van der Waals surface area contributed by atoms with E-state index in [0.717, 1.165) is 69.8 Å². The lowest BCUT2D eigenvalue weighted by molar-refractivity contribution is 0.0497. The van der Waals surface area contributed by atoms with Gasteiger partial charge in [0.1, 0.15) is 17.2 Å². The van der Waals surface area contributed by atoms with E-state index < -0.39 is 5.60 Å². The molecule has 2 aromatic heterocycles. The van der Waals surface area contributed by atoms with Crippen LogP contribution in [0.2, 0.25) is 0 Å². The Bertz CT molecular complexity index is 1380. The summed E-state index contributed by atoms with van der Waals surface area (Å²) in [6, 6.07) is 12.4. The lowest BCUT2D eigenvalue weighted by Gasteiger charge is -2.34. The predicted octanol–water partition coefficient (Wildman–Crippen LogP) is 5.17. The zero-order valence-corrected chi connectivity index (χ0v) is 25.2. The van der Waals surface area contributed by atoms with Gasteiger partial charge in [0.2, 0.25) is 0 Å². The van der Waals surface area contributed by atoms with Gasteiger partial charge in [-0.2, -0.15) is 0 Å². The highest BCUT2D eigenvalue weighted by Crippen LogP contribution is 2.24. The number of alkyl carbamates (subject to hydrolysis) is 1. The van der Waals surface area contributed by atoms with Crippen LogP contribution >= 0.6 is 0 Å². The molecule has 0 spiro atoms. The lowest BCUT2D eigenvalue weighted by Crippen LogP contribution is -2.46. The fourth-order valence-electron chi connectivity index (χ4n) is 5.60. The molecule has 4 heterocycles. The van der Waals surface area contributed by atoms with Gasteiger partial charge in [0.15, 0.2) is 0 Å². The monoisotopic (exact) mass is 588 g/mol. The summed E-state index contributed by atoms with van der Waals surface area (Å²) in [6.45, 7) is 9.80. The van der Waals surface area contributed by atoms with Gasteiger partial charge in [0.05, 0.1) is 0 Å². The fraction of sp³-hybridized carbons (Fsp3) is 0.455. The minimum atomic E-state index is -0.500. The number of aromatic nitrogens is 2. The van der Waals surface area contributed by atoms with E-state index in [1.54, 1.807) is 30.6 Å². The maximum absolute atomic E-state index is 14.4. The number of pyridine rings is 2. The Balaban J connectivity index is 1.05. The van der Waals surface area contributed by atoms with Crippen molar-refractivity contribution in [2.24, 2.45) is 0 Å². The minimum absolute atomic E-state index is 0.0730. The largest absolute Gasteiger partial charge is 0.444 e. The second-order valence-electron chi connectivity index (χ2n) is 12.4. The minimum Gasteiger partial charge on any atom is -0.444 e. The Kier molecular flexibility index (Phi) is 9.55. The SMILES string of the molecule is CC(C)(C)OC(=O)NC1CCN(c2ccc(CN3CCC(NC(=O)c4ccc(F)c(-c5cccnc5)c4)CC3)cn2)CC1. The number of nitrogens with one attached hydrogen (secondary N) is 2. The molecule has 0 saturated carbocycles. The van der Waals surface area contributed by atoms with Crippen LogP contribution in [0.3, 0.4) is 0 Å². The number of hydrogen-bond donors (Lipinski definition) is 2. The van der Waals surface area contributed by atoms with Crippen molar-refractivity contribution in [3.63, 3.8) is 0 Å². The van der Waals surface area contributed by atoms with E-state index in [1.165, 1.54) is 12.1 Å². The van der Waals surface area contributed by atoms with E-state index in [0.29, 0.717) is 16.7 Å². The van der Waals surface area contributed by atoms with Gasteiger partial charge in [-0.1, -0.05) is 12.1 Å². The van der Waals surface area contributed by atoms with Crippen molar-refractivity contribution in [1.82, 2.24) is 25.5 Å². The Labute approximate surface area is 252 Å². The maximum atomic E-state index is 14.4. The molecule has 10 heteroatoms. The van der Waals surface area contributed by atoms with Crippen LogP contribution in [-0.2, 0) is 11.3 Å². The summed E-state index contributed by atoms with van der Waals surface area (Å²) in [7, 11) is 0. The van der Waals surface area contributed by atoms with Crippen LogP contribution in [0.4, 0.5) is 15.0 Å². The van der Waals surface area contributed by atoms with Crippen molar-refractivity contribution >= 4 is 17.8 Å². The Morgan fingerprint density at radius 1 is 0.953 bits per heavy atom. The summed E-state index contributed by atoms with van der Waals surface area (Å²) in [6.07, 6.45) is 8.21. The molecule has 2 aliphatic heterocycles. The van der Waals surface area contributed by atoms with E-state index in [9.17, 15) is 14.0 Å². The third-order valence-corrected chi connectivity index (χ3v) is 7.88. The van der Waals surface area contributed by atoms with Gasteiger partial charge in [0, 0.05) is 80.1 Å². The number of carbonyl (C=O) groups is 2. The first kappa shape index (κ1) is 30.4. The molecule has 2 saturated heterocycles. The molecule has 2 fully saturated rings. The molecule has 1 aromatic carbocycles. The highest BCUT2D eigenvalue weighted by molar-refractivity contribution is 5.95. The van der Waals surface area contributed by atoms with E-state index in [-0.39, 0.29) is 29.9 Å². The van der Waals surface area contributed by atoms with Crippen LogP contribution in [-0.4, -0.2) is 70.7 Å². The molecule has 0 radical (unpaired) electrons. The summed E-state index contributed by atoms with van der Waals surface area (Å²) >= 11 is 0. The standard InChI is InChI=1S/C33H41FN6O3/c1-33(2,3)43-32(42)38-27-12-17-40(18-13-27)30-9-6-23(20-36-30)22-39-15-10-26(11-16-39)37-31(41)24-7-8-29(34)28(19-24)25-5-4-14-35-21-25/h4-9,14,19-21,26-27H,10-13,15-18,22H2,1-3H3,(H,37,41)(H,38,42). The molecule has 0 bridgehead atoms. The van der Waals surface area contributed by atoms with Gasteiger partial charge in [-0.25, -0.2) is 14.2 Å². The van der Waals surface area contributed by atoms with Crippen molar-refractivity contribution in [1.29, 1.82) is 0 Å². The molecule has 228 valence electrons. The normalized spacial score (nSPS) is 17.0. The molecule has 5 rings (SSSR count). The van der Waals surface area contributed by atoms with Gasteiger partial charge in [-0.3, -0.25) is 14.7 Å². The van der Waals surface area contributed by atoms with Crippen LogP contribution < -0.4 is 15.5 Å². The zero-order valence-electron chi connectivity index (χ0n) is 25.2. The van der Waals surface area contributed by atoms with Gasteiger partial charge in [-0.05, 0) is 82.3 Å². The molecular weight excluding hydrogens is 547 g/mol. The Morgan fingerprint density at radius 3 is 2.33 bits per heavy atom. The zero-order chi connectivity index (χ0) is 30.4. The van der Waals surface area contributed by atoms with Gasteiger partial charge in [-0.15, -0.1) is 0 Å². The van der Waals surface area contributed by atoms with Crippen molar-refractivity contribution in [3.05, 3.63) is 78.0 Å². The molecule has 2 N–H and O–H groups in total. The lowest BCUT2D eigenvalue weighted by atomic mass is 10.0. The number of piperidine rings is 2. The molecule has 2 amide bonds. The van der Waals surface area contributed by atoms with E-state index >= 15 is 0 Å². The van der Waals surface area contributed by atoms with Gasteiger partial charge < -0.3 is 20.3 Å². The average molecular weight is 589 g/mol. The van der Waals surface area contributed by atoms with Crippen LogP contribution in [0.15, 0.2) is 61.1 Å². The second kappa shape index (κ2) is 13.5. The number of nitrogens with zero attached hydrogens (tertiary/aromatic N) is 4. The molecule has 3 aromatic rings. The van der Waals surface area contributed by atoms with Crippen molar-refractivity contribution in [2.75, 3.05) is 31.1 Å². The average Bonchev–Trinajstić information content (AvgIpc) is 2.99. The molecule has 43 heavy (non-hydrogen) atoms. The third-order valence-electron chi connectivity index (χ3n) is 7.88. The number of hydrogen-bond acceptors (Lipinski definition) is 7. The Morgan fingerprint density at radius 2 is 1.67 bits per heavy atom. The first-order chi connectivity index (χ1) is 20.6. The first-order valence-corrected chi connectivity index (χ1v) is 15.1. The van der Waals surface area contributed by atoms with Gasteiger partial charge in [0.25, 0.3) is 5.91 Å². The van der Waals surface area contributed by atoms with E-state index in [4.69, 9.17) is 9.72 Å². The summed E-state index contributed by atoms with van der Waals surface area (Å²) in [5.74, 6) is 0.388. The number of amides is 2. The predicted molar refractivity (Wildman–Crippen MR) is 164 cm³/mol. The van der Waals surface area contributed by atoms with Gasteiger partial charge >= 0.3 is 6.09 Å². The van der Waals surface area contributed by atoms with Crippen LogP contribution in [0.25, 0.3) is 11.1 Å². The topological polar surface area (TPSA) is 99.7 Å². The van der Waals surface area contributed by atoms with Crippen LogP contribution in [0, 0.1) is 5.82 Å². The smallest absolute Gasteiger partial charge is 0.407 e.